The Balaban J connectivity index is 2.28. The van der Waals surface area contributed by atoms with Crippen molar-refractivity contribution in [1.82, 2.24) is 20.4 Å². The molecule has 0 saturated carbocycles. The first-order chi connectivity index (χ1) is 9.20. The predicted octanol–water partition coefficient (Wildman–Crippen LogP) is 1.21. The molecule has 19 heavy (non-hydrogen) atoms. The minimum atomic E-state index is -0.315. The van der Waals surface area contributed by atoms with Gasteiger partial charge >= 0.3 is 0 Å². The highest BCUT2D eigenvalue weighted by atomic mass is 16.5. The van der Waals surface area contributed by atoms with E-state index in [-0.39, 0.29) is 12.1 Å². The molecule has 0 fully saturated rings. The van der Waals surface area contributed by atoms with Crippen LogP contribution in [0.15, 0.2) is 36.9 Å². The van der Waals surface area contributed by atoms with Gasteiger partial charge in [-0.1, -0.05) is 0 Å². The first-order valence-corrected chi connectivity index (χ1v) is 6.05. The number of hydrazine groups is 1. The van der Waals surface area contributed by atoms with Crippen LogP contribution in [0.1, 0.15) is 31.3 Å². The summed E-state index contributed by atoms with van der Waals surface area (Å²) in [6, 6.07) is 3.33. The topological polar surface area (TPSA) is 86.0 Å². The summed E-state index contributed by atoms with van der Waals surface area (Å²) in [5.41, 5.74) is 3.55. The fraction of sp³-hybridized carbons (Fsp3) is 0.308. The van der Waals surface area contributed by atoms with Gasteiger partial charge in [0.1, 0.15) is 11.8 Å². The zero-order valence-electron chi connectivity index (χ0n) is 10.9. The second-order valence-electron chi connectivity index (χ2n) is 4.33. The van der Waals surface area contributed by atoms with E-state index in [0.29, 0.717) is 11.6 Å². The number of ether oxygens (including phenoxy) is 1. The number of nitrogens with zero attached hydrogens (tertiary/aromatic N) is 3. The van der Waals surface area contributed by atoms with Gasteiger partial charge in [0, 0.05) is 18.6 Å². The summed E-state index contributed by atoms with van der Waals surface area (Å²) in [5, 5.41) is 0. The summed E-state index contributed by atoms with van der Waals surface area (Å²) in [5.74, 6) is 6.88. The Hall–Kier alpha value is -2.05. The first kappa shape index (κ1) is 13.4. The maximum absolute atomic E-state index is 5.61. The molecule has 0 bridgehead atoms. The fourth-order valence-electron chi connectivity index (χ4n) is 1.71. The van der Waals surface area contributed by atoms with E-state index in [4.69, 9.17) is 10.6 Å². The Morgan fingerprint density at radius 3 is 2.58 bits per heavy atom. The third-order valence-electron chi connectivity index (χ3n) is 2.45. The average Bonchev–Trinajstić information content (AvgIpc) is 2.40. The number of nitrogens with one attached hydrogen (secondary N) is 1. The van der Waals surface area contributed by atoms with Crippen molar-refractivity contribution in [1.29, 1.82) is 0 Å². The number of nitrogens with two attached hydrogens (primary N) is 1. The Labute approximate surface area is 112 Å². The molecule has 6 nitrogen and oxygen atoms in total. The summed E-state index contributed by atoms with van der Waals surface area (Å²) in [7, 11) is 0. The molecule has 6 heteroatoms. The van der Waals surface area contributed by atoms with Gasteiger partial charge in [0.05, 0.1) is 12.3 Å². The molecule has 2 heterocycles. The number of aromatic nitrogens is 3. The van der Waals surface area contributed by atoms with Crippen molar-refractivity contribution < 1.29 is 4.74 Å². The monoisotopic (exact) mass is 259 g/mol. The number of pyridine rings is 1. The molecule has 100 valence electrons. The molecule has 0 radical (unpaired) electrons. The second kappa shape index (κ2) is 6.21. The van der Waals surface area contributed by atoms with Gasteiger partial charge in [-0.3, -0.25) is 10.8 Å². The first-order valence-electron chi connectivity index (χ1n) is 6.05. The van der Waals surface area contributed by atoms with Crippen molar-refractivity contribution in [3.63, 3.8) is 0 Å². The summed E-state index contributed by atoms with van der Waals surface area (Å²) >= 11 is 0. The maximum Gasteiger partial charge on any atom is 0.150 e. The van der Waals surface area contributed by atoms with Crippen LogP contribution in [0.5, 0.6) is 5.75 Å². The van der Waals surface area contributed by atoms with Crippen LogP contribution in [0.3, 0.4) is 0 Å². The molecule has 0 aliphatic rings. The quantitative estimate of drug-likeness (QED) is 0.620. The highest BCUT2D eigenvalue weighted by Gasteiger charge is 2.16. The standard InChI is InChI=1S/C13H17N5O/c1-9(2)19-11-6-10(7-15-8-11)12(18-14)13-16-4-3-5-17-13/h3-9,12,18H,14H2,1-2H3. The van der Waals surface area contributed by atoms with E-state index < -0.39 is 0 Å². The van der Waals surface area contributed by atoms with Crippen molar-refractivity contribution in [2.24, 2.45) is 5.84 Å². The van der Waals surface area contributed by atoms with E-state index in [1.165, 1.54) is 0 Å². The molecule has 0 aromatic carbocycles. The smallest absolute Gasteiger partial charge is 0.150 e. The maximum atomic E-state index is 5.61. The van der Waals surface area contributed by atoms with E-state index in [1.807, 2.05) is 19.9 Å². The SMILES string of the molecule is CC(C)Oc1cncc(C(NN)c2ncccn2)c1. The van der Waals surface area contributed by atoms with E-state index >= 15 is 0 Å². The van der Waals surface area contributed by atoms with E-state index in [1.54, 1.807) is 30.9 Å². The lowest BCUT2D eigenvalue weighted by molar-refractivity contribution is 0.241. The molecule has 2 aromatic heterocycles. The molecular formula is C13H17N5O. The highest BCUT2D eigenvalue weighted by Crippen LogP contribution is 2.21. The molecule has 0 spiro atoms. The molecule has 0 aliphatic carbocycles. The zero-order valence-corrected chi connectivity index (χ0v) is 10.9. The predicted molar refractivity (Wildman–Crippen MR) is 71.2 cm³/mol. The number of hydrogen-bond donors (Lipinski definition) is 2. The largest absolute Gasteiger partial charge is 0.489 e. The average molecular weight is 259 g/mol. The number of rotatable bonds is 5. The lowest BCUT2D eigenvalue weighted by Crippen LogP contribution is -2.30. The molecule has 0 amide bonds. The third-order valence-corrected chi connectivity index (χ3v) is 2.45. The van der Waals surface area contributed by atoms with Crippen LogP contribution in [-0.2, 0) is 0 Å². The van der Waals surface area contributed by atoms with Gasteiger partial charge in [-0.15, -0.1) is 0 Å². The van der Waals surface area contributed by atoms with Crippen LogP contribution < -0.4 is 16.0 Å². The summed E-state index contributed by atoms with van der Waals surface area (Å²) in [6.07, 6.45) is 6.83. The third kappa shape index (κ3) is 3.46. The van der Waals surface area contributed by atoms with Crippen LogP contribution in [0, 0.1) is 0 Å². The Bertz CT molecular complexity index is 517. The Morgan fingerprint density at radius 2 is 1.95 bits per heavy atom. The second-order valence-corrected chi connectivity index (χ2v) is 4.33. The number of hydrogen-bond acceptors (Lipinski definition) is 6. The van der Waals surface area contributed by atoms with Gasteiger partial charge in [-0.05, 0) is 31.5 Å². The highest BCUT2D eigenvalue weighted by molar-refractivity contribution is 5.29. The van der Waals surface area contributed by atoms with Crippen molar-refractivity contribution in [2.45, 2.75) is 26.0 Å². The van der Waals surface area contributed by atoms with Crippen molar-refractivity contribution in [2.75, 3.05) is 0 Å². The lowest BCUT2D eigenvalue weighted by Gasteiger charge is -2.16. The molecule has 0 saturated heterocycles. The molecular weight excluding hydrogens is 242 g/mol. The minimum absolute atomic E-state index is 0.0920. The van der Waals surface area contributed by atoms with Gasteiger partial charge in [0.25, 0.3) is 0 Å². The molecule has 1 unspecified atom stereocenters. The Kier molecular flexibility index (Phi) is 4.38. The van der Waals surface area contributed by atoms with Crippen LogP contribution >= 0.6 is 0 Å². The summed E-state index contributed by atoms with van der Waals surface area (Å²) in [6.45, 7) is 3.93. The van der Waals surface area contributed by atoms with Gasteiger partial charge < -0.3 is 4.74 Å². The van der Waals surface area contributed by atoms with Crippen LogP contribution in [-0.4, -0.2) is 21.1 Å². The van der Waals surface area contributed by atoms with Gasteiger partial charge in [0.2, 0.25) is 0 Å². The molecule has 1 atom stereocenters. The van der Waals surface area contributed by atoms with Gasteiger partial charge in [0.15, 0.2) is 5.82 Å². The fourth-order valence-corrected chi connectivity index (χ4v) is 1.71. The molecule has 3 N–H and O–H groups in total. The van der Waals surface area contributed by atoms with Crippen LogP contribution in [0.2, 0.25) is 0 Å². The summed E-state index contributed by atoms with van der Waals surface area (Å²) < 4.78 is 5.61. The van der Waals surface area contributed by atoms with E-state index in [9.17, 15) is 0 Å². The zero-order chi connectivity index (χ0) is 13.7. The molecule has 0 aliphatic heterocycles. The summed E-state index contributed by atoms with van der Waals surface area (Å²) in [4.78, 5) is 12.5. The Morgan fingerprint density at radius 1 is 1.21 bits per heavy atom. The van der Waals surface area contributed by atoms with Crippen molar-refractivity contribution >= 4 is 0 Å². The van der Waals surface area contributed by atoms with Crippen LogP contribution in [0.4, 0.5) is 0 Å². The molecule has 2 rings (SSSR count). The van der Waals surface area contributed by atoms with Crippen LogP contribution in [0.25, 0.3) is 0 Å². The van der Waals surface area contributed by atoms with Crippen molar-refractivity contribution in [3.05, 3.63) is 48.3 Å². The normalized spacial score (nSPS) is 12.4. The van der Waals surface area contributed by atoms with E-state index in [0.717, 1.165) is 5.56 Å². The van der Waals surface area contributed by atoms with Crippen molar-refractivity contribution in [3.8, 4) is 5.75 Å². The lowest BCUT2D eigenvalue weighted by atomic mass is 10.1. The van der Waals surface area contributed by atoms with Gasteiger partial charge in [-0.2, -0.15) is 0 Å². The minimum Gasteiger partial charge on any atom is -0.489 e. The van der Waals surface area contributed by atoms with Gasteiger partial charge in [-0.25, -0.2) is 15.4 Å². The molecule has 2 aromatic rings. The van der Waals surface area contributed by atoms with E-state index in [2.05, 4.69) is 20.4 Å².